The molecule has 3 heteroatoms. The Bertz CT molecular complexity index is 496. The van der Waals surface area contributed by atoms with Crippen molar-refractivity contribution in [2.75, 3.05) is 18.1 Å². The molecule has 1 rings (SSSR count). The fraction of sp³-hybridized carbons (Fsp3) is 0.708. The van der Waals surface area contributed by atoms with Gasteiger partial charge in [-0.15, -0.1) is 0 Å². The highest BCUT2D eigenvalue weighted by atomic mass is 16.5. The first-order valence-electron chi connectivity index (χ1n) is 11.1. The molecule has 27 heavy (non-hydrogen) atoms. The van der Waals surface area contributed by atoms with E-state index in [2.05, 4.69) is 44.7 Å². The molecule has 0 amide bonds. The van der Waals surface area contributed by atoms with E-state index < -0.39 is 0 Å². The fourth-order valence-electron chi connectivity index (χ4n) is 3.31. The molecule has 0 saturated heterocycles. The van der Waals surface area contributed by atoms with E-state index >= 15 is 0 Å². The number of esters is 1. The normalized spacial score (nSPS) is 11.0. The van der Waals surface area contributed by atoms with Crippen LogP contribution in [0.2, 0.25) is 0 Å². The molecule has 0 aliphatic heterocycles. The summed E-state index contributed by atoms with van der Waals surface area (Å²) in [6.45, 7) is 10.5. The summed E-state index contributed by atoms with van der Waals surface area (Å²) in [5.41, 5.74) is 1.84. The van der Waals surface area contributed by atoms with E-state index in [-0.39, 0.29) is 5.97 Å². The van der Waals surface area contributed by atoms with Crippen LogP contribution in [0.5, 0.6) is 0 Å². The molecule has 0 N–H and O–H groups in total. The Labute approximate surface area is 167 Å². The van der Waals surface area contributed by atoms with Crippen molar-refractivity contribution in [3.05, 3.63) is 29.8 Å². The number of carbonyl (C=O) groups is 1. The summed E-state index contributed by atoms with van der Waals surface area (Å²) in [7, 11) is 0. The highest BCUT2D eigenvalue weighted by molar-refractivity contribution is 5.89. The fourth-order valence-corrected chi connectivity index (χ4v) is 3.31. The van der Waals surface area contributed by atoms with Gasteiger partial charge in [-0.3, -0.25) is 0 Å². The maximum atomic E-state index is 12.2. The Hall–Kier alpha value is -1.51. The maximum Gasteiger partial charge on any atom is 0.338 e. The number of rotatable bonds is 15. The molecule has 0 saturated carbocycles. The SMILES string of the molecule is CCCCCCCOC(=O)c1ccc(N(CCCCCCC)C(C)C)cc1. The summed E-state index contributed by atoms with van der Waals surface area (Å²) in [6, 6.07) is 8.38. The van der Waals surface area contributed by atoms with Crippen molar-refractivity contribution in [3.63, 3.8) is 0 Å². The summed E-state index contributed by atoms with van der Waals surface area (Å²) < 4.78 is 5.41. The van der Waals surface area contributed by atoms with Gasteiger partial charge in [0.15, 0.2) is 0 Å². The van der Waals surface area contributed by atoms with E-state index in [1.54, 1.807) is 0 Å². The predicted molar refractivity (Wildman–Crippen MR) is 117 cm³/mol. The summed E-state index contributed by atoms with van der Waals surface area (Å²) >= 11 is 0. The number of carbonyl (C=O) groups excluding carboxylic acids is 1. The largest absolute Gasteiger partial charge is 0.462 e. The van der Waals surface area contributed by atoms with Gasteiger partial charge in [0, 0.05) is 18.3 Å². The lowest BCUT2D eigenvalue weighted by molar-refractivity contribution is 0.0497. The van der Waals surface area contributed by atoms with Crippen molar-refractivity contribution in [2.45, 2.75) is 97.9 Å². The molecular formula is C24H41NO2. The van der Waals surface area contributed by atoms with Gasteiger partial charge in [-0.25, -0.2) is 4.79 Å². The summed E-state index contributed by atoms with van der Waals surface area (Å²) in [6.07, 6.45) is 12.3. The average molecular weight is 376 g/mol. The van der Waals surface area contributed by atoms with Crippen LogP contribution >= 0.6 is 0 Å². The van der Waals surface area contributed by atoms with Crippen LogP contribution in [0.25, 0.3) is 0 Å². The quantitative estimate of drug-likeness (QED) is 0.244. The van der Waals surface area contributed by atoms with Crippen molar-refractivity contribution in [3.8, 4) is 0 Å². The van der Waals surface area contributed by atoms with E-state index in [9.17, 15) is 4.79 Å². The van der Waals surface area contributed by atoms with Gasteiger partial charge in [0.1, 0.15) is 0 Å². The number of ether oxygens (including phenoxy) is 1. The second-order valence-corrected chi connectivity index (χ2v) is 7.80. The molecule has 0 fully saturated rings. The van der Waals surface area contributed by atoms with E-state index in [0.717, 1.165) is 19.4 Å². The molecule has 0 bridgehead atoms. The van der Waals surface area contributed by atoms with Crippen LogP contribution in [0, 0.1) is 0 Å². The maximum absolute atomic E-state index is 12.2. The molecule has 0 atom stereocenters. The molecule has 1 aromatic carbocycles. The zero-order valence-electron chi connectivity index (χ0n) is 18.1. The van der Waals surface area contributed by atoms with E-state index in [1.165, 1.54) is 57.1 Å². The van der Waals surface area contributed by atoms with Crippen LogP contribution in [-0.2, 0) is 4.74 Å². The zero-order valence-corrected chi connectivity index (χ0v) is 18.1. The third kappa shape index (κ3) is 9.83. The van der Waals surface area contributed by atoms with Gasteiger partial charge < -0.3 is 9.64 Å². The Kier molecular flexibility index (Phi) is 12.7. The van der Waals surface area contributed by atoms with Gasteiger partial charge >= 0.3 is 5.97 Å². The van der Waals surface area contributed by atoms with Crippen molar-refractivity contribution in [1.29, 1.82) is 0 Å². The number of unbranched alkanes of at least 4 members (excludes halogenated alkanes) is 8. The first kappa shape index (κ1) is 23.5. The van der Waals surface area contributed by atoms with E-state index in [1.807, 2.05) is 12.1 Å². The van der Waals surface area contributed by atoms with Gasteiger partial charge in [-0.05, 0) is 51.0 Å². The lowest BCUT2D eigenvalue weighted by Crippen LogP contribution is -2.31. The standard InChI is InChI=1S/C24H41NO2/c1-5-7-9-11-13-19-25(21(3)4)23-17-15-22(16-18-23)24(26)27-20-14-12-10-8-6-2/h15-18,21H,5-14,19-20H2,1-4H3. The molecule has 0 unspecified atom stereocenters. The second-order valence-electron chi connectivity index (χ2n) is 7.80. The topological polar surface area (TPSA) is 29.5 Å². The van der Waals surface area contributed by atoms with Crippen LogP contribution in [0.3, 0.4) is 0 Å². The molecular weight excluding hydrogens is 334 g/mol. The Morgan fingerprint density at radius 1 is 0.852 bits per heavy atom. The monoisotopic (exact) mass is 375 g/mol. The third-order valence-corrected chi connectivity index (χ3v) is 5.04. The molecule has 0 aliphatic rings. The highest BCUT2D eigenvalue weighted by Gasteiger charge is 2.12. The van der Waals surface area contributed by atoms with Crippen LogP contribution in [0.15, 0.2) is 24.3 Å². The molecule has 3 nitrogen and oxygen atoms in total. The third-order valence-electron chi connectivity index (χ3n) is 5.04. The highest BCUT2D eigenvalue weighted by Crippen LogP contribution is 2.20. The van der Waals surface area contributed by atoms with Gasteiger partial charge in [0.25, 0.3) is 0 Å². The van der Waals surface area contributed by atoms with Gasteiger partial charge in [0.05, 0.1) is 12.2 Å². The van der Waals surface area contributed by atoms with Crippen molar-refractivity contribution in [1.82, 2.24) is 0 Å². The first-order chi connectivity index (χ1) is 13.1. The van der Waals surface area contributed by atoms with Crippen LogP contribution in [-0.4, -0.2) is 25.2 Å². The average Bonchev–Trinajstić information content (AvgIpc) is 2.67. The molecule has 0 heterocycles. The predicted octanol–water partition coefficient (Wildman–Crippen LogP) is 7.00. The van der Waals surface area contributed by atoms with Crippen LogP contribution < -0.4 is 4.90 Å². The van der Waals surface area contributed by atoms with E-state index in [4.69, 9.17) is 4.74 Å². The molecule has 0 aromatic heterocycles. The van der Waals surface area contributed by atoms with Gasteiger partial charge in [-0.1, -0.05) is 65.2 Å². The van der Waals surface area contributed by atoms with Crippen molar-refractivity contribution >= 4 is 11.7 Å². The lowest BCUT2D eigenvalue weighted by atomic mass is 10.1. The van der Waals surface area contributed by atoms with Gasteiger partial charge in [-0.2, -0.15) is 0 Å². The molecule has 0 spiro atoms. The molecule has 154 valence electrons. The zero-order chi connectivity index (χ0) is 19.9. The minimum Gasteiger partial charge on any atom is -0.462 e. The number of benzene rings is 1. The van der Waals surface area contributed by atoms with Gasteiger partial charge in [0.2, 0.25) is 0 Å². The van der Waals surface area contributed by atoms with Crippen LogP contribution in [0.4, 0.5) is 5.69 Å². The Morgan fingerprint density at radius 2 is 1.41 bits per heavy atom. The molecule has 0 radical (unpaired) electrons. The minimum atomic E-state index is -0.201. The first-order valence-corrected chi connectivity index (χ1v) is 11.1. The molecule has 1 aromatic rings. The second kappa shape index (κ2) is 14.5. The summed E-state index contributed by atoms with van der Waals surface area (Å²) in [5.74, 6) is -0.201. The number of hydrogen-bond acceptors (Lipinski definition) is 3. The summed E-state index contributed by atoms with van der Waals surface area (Å²) in [5, 5.41) is 0. The van der Waals surface area contributed by atoms with Crippen LogP contribution in [0.1, 0.15) is 102 Å². The number of anilines is 1. The smallest absolute Gasteiger partial charge is 0.338 e. The van der Waals surface area contributed by atoms with Crippen molar-refractivity contribution in [2.24, 2.45) is 0 Å². The minimum absolute atomic E-state index is 0.201. The summed E-state index contributed by atoms with van der Waals surface area (Å²) in [4.78, 5) is 14.6. The lowest BCUT2D eigenvalue weighted by Gasteiger charge is -2.29. The Balaban J connectivity index is 2.45. The van der Waals surface area contributed by atoms with E-state index in [0.29, 0.717) is 18.2 Å². The van der Waals surface area contributed by atoms with Crippen molar-refractivity contribution < 1.29 is 9.53 Å². The Morgan fingerprint density at radius 3 is 1.96 bits per heavy atom. The number of hydrogen-bond donors (Lipinski definition) is 0. The molecule has 0 aliphatic carbocycles. The number of nitrogens with zero attached hydrogens (tertiary/aromatic N) is 1.